The highest BCUT2D eigenvalue weighted by atomic mass is 32.1. The number of thiophene rings is 1. The molecule has 0 saturated heterocycles. The lowest BCUT2D eigenvalue weighted by Crippen LogP contribution is -2.06. The van der Waals surface area contributed by atoms with Crippen molar-refractivity contribution in [3.8, 4) is 11.3 Å². The summed E-state index contributed by atoms with van der Waals surface area (Å²) < 4.78 is 2.63. The van der Waals surface area contributed by atoms with Crippen molar-refractivity contribution in [2.75, 3.05) is 0 Å². The number of rotatable bonds is 10. The minimum Gasteiger partial charge on any atom is -0.285 e. The lowest BCUT2D eigenvalue weighted by Gasteiger charge is -2.17. The van der Waals surface area contributed by atoms with Gasteiger partial charge in [-0.15, -0.1) is 11.3 Å². The number of fused-ring (bicyclic) bond motifs is 7. The normalized spacial score (nSPS) is 16.6. The van der Waals surface area contributed by atoms with Crippen LogP contribution in [0.25, 0.3) is 58.7 Å². The van der Waals surface area contributed by atoms with Gasteiger partial charge in [-0.3, -0.25) is 4.99 Å². The van der Waals surface area contributed by atoms with Gasteiger partial charge in [-0.1, -0.05) is 154 Å². The number of nitrogens with zero attached hydrogens (tertiary/aromatic N) is 2. The molecule has 1 aliphatic carbocycles. The number of para-hydroxylation sites is 1. The molecule has 0 aliphatic heterocycles. The first kappa shape index (κ1) is 33.8. The third-order valence-electron chi connectivity index (χ3n) is 9.59. The van der Waals surface area contributed by atoms with E-state index in [4.69, 9.17) is 4.98 Å². The van der Waals surface area contributed by atoms with Crippen molar-refractivity contribution in [1.82, 2.24) is 4.98 Å². The van der Waals surface area contributed by atoms with Crippen LogP contribution in [-0.2, 0) is 0 Å². The van der Waals surface area contributed by atoms with Gasteiger partial charge in [0.25, 0.3) is 0 Å². The summed E-state index contributed by atoms with van der Waals surface area (Å²) in [5, 5.41) is 6.27. The minimum atomic E-state index is 0.136. The molecule has 6 aromatic rings. The molecule has 0 saturated carbocycles. The summed E-state index contributed by atoms with van der Waals surface area (Å²) in [7, 11) is 0. The average Bonchev–Trinajstić information content (AvgIpc) is 3.56. The van der Waals surface area contributed by atoms with Crippen molar-refractivity contribution in [2.45, 2.75) is 33.2 Å². The standard InChI is InChI=1S/C48H42N2S/c1-6-29-49-38-16-14-15-37(31-38)39(9-4)33(7-2)22-21-32(5)30-34(8-3)35-23-25-36(26-24-35)47-43-28-27-41-40-17-11-13-20-45(40)51-48(41)46(43)42-18-10-12-19-44(42)50-47/h6-15,17-32,38H,1,3,16H2,2,4-5H3/b22-21-,33-7+,34-30+,39-9-,49-29-. The average molecular weight is 679 g/mol. The van der Waals surface area contributed by atoms with Crippen LogP contribution in [0.3, 0.4) is 0 Å². The Morgan fingerprint density at radius 3 is 2.41 bits per heavy atom. The molecule has 0 N–H and O–H groups in total. The van der Waals surface area contributed by atoms with Crippen molar-refractivity contribution in [2.24, 2.45) is 10.9 Å². The van der Waals surface area contributed by atoms with Crippen molar-refractivity contribution in [3.05, 3.63) is 181 Å². The molecule has 2 heterocycles. The molecule has 250 valence electrons. The van der Waals surface area contributed by atoms with E-state index in [2.05, 4.69) is 172 Å². The number of aromatic nitrogens is 1. The second kappa shape index (κ2) is 15.1. The fraction of sp³-hybridized carbons (Fsp3) is 0.125. The first-order chi connectivity index (χ1) is 25.0. The van der Waals surface area contributed by atoms with E-state index < -0.39 is 0 Å². The summed E-state index contributed by atoms with van der Waals surface area (Å²) in [4.78, 5) is 9.84. The van der Waals surface area contributed by atoms with Gasteiger partial charge >= 0.3 is 0 Å². The Balaban J connectivity index is 1.18. The minimum absolute atomic E-state index is 0.136. The van der Waals surface area contributed by atoms with Crippen molar-refractivity contribution >= 4 is 65.0 Å². The second-order valence-electron chi connectivity index (χ2n) is 12.9. The van der Waals surface area contributed by atoms with Crippen molar-refractivity contribution < 1.29 is 0 Å². The van der Waals surface area contributed by atoms with Crippen molar-refractivity contribution in [3.63, 3.8) is 0 Å². The molecule has 2 unspecified atom stereocenters. The monoisotopic (exact) mass is 678 g/mol. The predicted octanol–water partition coefficient (Wildman–Crippen LogP) is 13.6. The Labute approximate surface area is 305 Å². The van der Waals surface area contributed by atoms with Crippen LogP contribution < -0.4 is 0 Å². The smallest absolute Gasteiger partial charge is 0.0788 e. The van der Waals surface area contributed by atoms with E-state index in [-0.39, 0.29) is 12.0 Å². The molecule has 0 spiro atoms. The third-order valence-corrected chi connectivity index (χ3v) is 10.8. The van der Waals surface area contributed by atoms with E-state index in [0.29, 0.717) is 0 Å². The van der Waals surface area contributed by atoms with Crippen LogP contribution in [0, 0.1) is 5.92 Å². The lowest BCUT2D eigenvalue weighted by molar-refractivity contribution is 0.825. The van der Waals surface area contributed by atoms with Crippen LogP contribution >= 0.6 is 11.3 Å². The van der Waals surface area contributed by atoms with Crippen LogP contribution in [0.5, 0.6) is 0 Å². The van der Waals surface area contributed by atoms with E-state index in [1.54, 1.807) is 12.3 Å². The van der Waals surface area contributed by atoms with Gasteiger partial charge in [0, 0.05) is 48.1 Å². The SMILES string of the molecule is C=C/C=N\C1C=C(C(=C\C)/C(/C=C\C(C)/C=C(\C=C)c2ccc(-c3nc4ccccc4c4c3ccc3c5ccccc5sc34)cc2)=C/C)C=CC1. The summed E-state index contributed by atoms with van der Waals surface area (Å²) in [5.74, 6) is 0.196. The summed E-state index contributed by atoms with van der Waals surface area (Å²) in [6.45, 7) is 14.4. The third kappa shape index (κ3) is 6.78. The molecular weight excluding hydrogens is 637 g/mol. The van der Waals surface area contributed by atoms with Gasteiger partial charge in [0.15, 0.2) is 0 Å². The zero-order valence-corrected chi connectivity index (χ0v) is 30.3. The van der Waals surface area contributed by atoms with Gasteiger partial charge in [-0.05, 0) is 66.2 Å². The van der Waals surface area contributed by atoms with E-state index in [0.717, 1.165) is 34.3 Å². The van der Waals surface area contributed by atoms with Crippen molar-refractivity contribution in [1.29, 1.82) is 0 Å². The zero-order chi connectivity index (χ0) is 35.3. The number of aliphatic imine (C=N–C) groups is 1. The van der Waals surface area contributed by atoms with Crippen LogP contribution in [0.15, 0.2) is 181 Å². The lowest BCUT2D eigenvalue weighted by atomic mass is 9.90. The molecule has 1 aliphatic rings. The van der Waals surface area contributed by atoms with E-state index in [1.165, 1.54) is 53.1 Å². The number of benzene rings is 4. The highest BCUT2D eigenvalue weighted by Crippen LogP contribution is 2.43. The van der Waals surface area contributed by atoms with E-state index in [1.807, 2.05) is 17.4 Å². The topological polar surface area (TPSA) is 25.2 Å². The second-order valence-corrected chi connectivity index (χ2v) is 13.9. The molecule has 4 aromatic carbocycles. The predicted molar refractivity (Wildman–Crippen MR) is 226 cm³/mol. The maximum Gasteiger partial charge on any atom is 0.0788 e. The Kier molecular flexibility index (Phi) is 10.0. The zero-order valence-electron chi connectivity index (χ0n) is 29.5. The molecular formula is C48H42N2S. The first-order valence-electron chi connectivity index (χ1n) is 17.6. The number of allylic oxidation sites excluding steroid dienone is 12. The van der Waals surface area contributed by atoms with Gasteiger partial charge in [0.2, 0.25) is 0 Å². The van der Waals surface area contributed by atoms with Gasteiger partial charge in [-0.25, -0.2) is 4.98 Å². The molecule has 0 fully saturated rings. The maximum absolute atomic E-state index is 5.23. The van der Waals surface area contributed by atoms with Crippen LogP contribution in [0.4, 0.5) is 0 Å². The van der Waals surface area contributed by atoms with E-state index >= 15 is 0 Å². The molecule has 51 heavy (non-hydrogen) atoms. The summed E-state index contributed by atoms with van der Waals surface area (Å²) in [6, 6.07) is 30.7. The highest BCUT2D eigenvalue weighted by molar-refractivity contribution is 7.26. The molecule has 0 amide bonds. The molecule has 2 aromatic heterocycles. The first-order valence-corrected chi connectivity index (χ1v) is 18.5. The number of pyridine rings is 1. The summed E-state index contributed by atoms with van der Waals surface area (Å²) in [5.41, 5.74) is 8.97. The molecule has 3 heteroatoms. The summed E-state index contributed by atoms with van der Waals surface area (Å²) in [6.07, 6.45) is 24.2. The molecule has 7 rings (SSSR count). The van der Waals surface area contributed by atoms with E-state index in [9.17, 15) is 0 Å². The van der Waals surface area contributed by atoms with Gasteiger partial charge in [0.05, 0.1) is 17.3 Å². The Morgan fingerprint density at radius 2 is 1.65 bits per heavy atom. The summed E-state index contributed by atoms with van der Waals surface area (Å²) >= 11 is 1.87. The molecule has 0 radical (unpaired) electrons. The molecule has 2 nitrogen and oxygen atoms in total. The maximum atomic E-state index is 5.23. The fourth-order valence-electron chi connectivity index (χ4n) is 7.10. The molecule has 2 atom stereocenters. The largest absolute Gasteiger partial charge is 0.285 e. The highest BCUT2D eigenvalue weighted by Gasteiger charge is 2.16. The Bertz CT molecular complexity index is 2510. The van der Waals surface area contributed by atoms with Gasteiger partial charge in [0.1, 0.15) is 0 Å². The van der Waals surface area contributed by atoms with Crippen LogP contribution in [-0.4, -0.2) is 17.2 Å². The van der Waals surface area contributed by atoms with Crippen LogP contribution in [0.1, 0.15) is 32.8 Å². The van der Waals surface area contributed by atoms with Crippen LogP contribution in [0.2, 0.25) is 0 Å². The Hall–Kier alpha value is -5.64. The van der Waals surface area contributed by atoms with Gasteiger partial charge < -0.3 is 0 Å². The van der Waals surface area contributed by atoms with Gasteiger partial charge in [-0.2, -0.15) is 0 Å². The quantitative estimate of drug-likeness (QED) is 0.0804. The number of hydrogen-bond acceptors (Lipinski definition) is 3. The fourth-order valence-corrected chi connectivity index (χ4v) is 8.36. The molecule has 0 bridgehead atoms. The number of hydrogen-bond donors (Lipinski definition) is 0. The Morgan fingerprint density at radius 1 is 0.882 bits per heavy atom.